The van der Waals surface area contributed by atoms with Crippen LogP contribution >= 0.6 is 11.8 Å². The van der Waals surface area contributed by atoms with Crippen molar-refractivity contribution >= 4 is 22.8 Å². The molecule has 0 spiro atoms. The zero-order chi connectivity index (χ0) is 11.1. The Labute approximate surface area is 100.0 Å². The van der Waals surface area contributed by atoms with Crippen LogP contribution < -0.4 is 0 Å². The molecule has 3 rings (SSSR count). The van der Waals surface area contributed by atoms with Gasteiger partial charge in [-0.2, -0.15) is 0 Å². The van der Waals surface area contributed by atoms with Gasteiger partial charge in [0.05, 0.1) is 18.5 Å². The summed E-state index contributed by atoms with van der Waals surface area (Å²) >= 11 is 1.58. The maximum atomic E-state index is 12.3. The predicted molar refractivity (Wildman–Crippen MR) is 66.2 cm³/mol. The van der Waals surface area contributed by atoms with Gasteiger partial charge in [-0.1, -0.05) is 37.6 Å². The maximum absolute atomic E-state index is 12.3. The standard InChI is InChI=1S/C12H16N2OS/c1-8-7-14-11(15)9-5-3-2-4-6-10(9)13-12(14)16-8/h9-10H,1-7H2/t9-,10+/m0/s1. The van der Waals surface area contributed by atoms with E-state index >= 15 is 0 Å². The normalized spacial score (nSPS) is 34.2. The molecule has 3 nitrogen and oxygen atoms in total. The van der Waals surface area contributed by atoms with Gasteiger partial charge in [0.1, 0.15) is 0 Å². The van der Waals surface area contributed by atoms with Crippen LogP contribution in [0.1, 0.15) is 32.1 Å². The van der Waals surface area contributed by atoms with Crippen LogP contribution in [0, 0.1) is 5.92 Å². The van der Waals surface area contributed by atoms with E-state index in [0.29, 0.717) is 12.5 Å². The lowest BCUT2D eigenvalue weighted by Crippen LogP contribution is -2.45. The molecule has 2 atom stereocenters. The molecule has 1 saturated carbocycles. The van der Waals surface area contributed by atoms with Gasteiger partial charge in [-0.15, -0.1) is 0 Å². The minimum absolute atomic E-state index is 0.151. The molecule has 0 bridgehead atoms. The van der Waals surface area contributed by atoms with E-state index in [2.05, 4.69) is 6.58 Å². The molecule has 0 unspecified atom stereocenters. The number of carbonyl (C=O) groups excluding carboxylic acids is 1. The van der Waals surface area contributed by atoms with E-state index in [1.165, 1.54) is 19.3 Å². The predicted octanol–water partition coefficient (Wildman–Crippen LogP) is 2.39. The van der Waals surface area contributed by atoms with Gasteiger partial charge in [0.25, 0.3) is 0 Å². The Kier molecular flexibility index (Phi) is 2.54. The molecule has 86 valence electrons. The lowest BCUT2D eigenvalue weighted by molar-refractivity contribution is -0.132. The maximum Gasteiger partial charge on any atom is 0.234 e. The Morgan fingerprint density at radius 2 is 2.12 bits per heavy atom. The summed E-state index contributed by atoms with van der Waals surface area (Å²) in [4.78, 5) is 20.0. The average molecular weight is 236 g/mol. The highest BCUT2D eigenvalue weighted by Gasteiger charge is 2.41. The highest BCUT2D eigenvalue weighted by atomic mass is 32.2. The zero-order valence-corrected chi connectivity index (χ0v) is 10.1. The second kappa shape index (κ2) is 3.91. The summed E-state index contributed by atoms with van der Waals surface area (Å²) in [6.07, 6.45) is 5.76. The minimum Gasteiger partial charge on any atom is -0.286 e. The second-order valence-electron chi connectivity index (χ2n) is 4.79. The van der Waals surface area contributed by atoms with Crippen LogP contribution in [0.2, 0.25) is 0 Å². The van der Waals surface area contributed by atoms with Crippen molar-refractivity contribution in [2.75, 3.05) is 6.54 Å². The zero-order valence-electron chi connectivity index (χ0n) is 9.32. The molecule has 2 aliphatic heterocycles. The van der Waals surface area contributed by atoms with Crippen molar-refractivity contribution in [1.29, 1.82) is 0 Å². The lowest BCUT2D eigenvalue weighted by atomic mass is 9.92. The fourth-order valence-electron chi connectivity index (χ4n) is 2.80. The third-order valence-corrected chi connectivity index (χ3v) is 4.57. The Morgan fingerprint density at radius 3 is 3.00 bits per heavy atom. The second-order valence-corrected chi connectivity index (χ2v) is 5.94. The van der Waals surface area contributed by atoms with Crippen molar-refractivity contribution in [2.24, 2.45) is 10.9 Å². The van der Waals surface area contributed by atoms with Crippen molar-refractivity contribution in [2.45, 2.75) is 38.1 Å². The van der Waals surface area contributed by atoms with Crippen LogP contribution in [-0.4, -0.2) is 28.6 Å². The van der Waals surface area contributed by atoms with Crippen molar-refractivity contribution in [3.63, 3.8) is 0 Å². The smallest absolute Gasteiger partial charge is 0.234 e. The first-order chi connectivity index (χ1) is 7.75. The van der Waals surface area contributed by atoms with Crippen LogP contribution in [0.25, 0.3) is 0 Å². The lowest BCUT2D eigenvalue weighted by Gasteiger charge is -2.31. The SMILES string of the molecule is C=C1CN2C(=O)[C@H]3CCCCC[C@H]3N=C2S1. The summed E-state index contributed by atoms with van der Waals surface area (Å²) in [6, 6.07) is 0.250. The van der Waals surface area contributed by atoms with Gasteiger partial charge < -0.3 is 0 Å². The Morgan fingerprint density at radius 1 is 1.31 bits per heavy atom. The molecular weight excluding hydrogens is 220 g/mol. The summed E-state index contributed by atoms with van der Waals surface area (Å²) < 4.78 is 0. The number of hydrogen-bond acceptors (Lipinski definition) is 3. The largest absolute Gasteiger partial charge is 0.286 e. The summed E-state index contributed by atoms with van der Waals surface area (Å²) in [6.45, 7) is 4.61. The van der Waals surface area contributed by atoms with E-state index in [-0.39, 0.29) is 12.0 Å². The molecule has 0 radical (unpaired) electrons. The van der Waals surface area contributed by atoms with E-state index in [1.807, 2.05) is 4.90 Å². The molecule has 0 aromatic rings. The van der Waals surface area contributed by atoms with Crippen LogP contribution in [0.4, 0.5) is 0 Å². The van der Waals surface area contributed by atoms with E-state index < -0.39 is 0 Å². The van der Waals surface area contributed by atoms with Crippen LogP contribution in [0.15, 0.2) is 16.5 Å². The van der Waals surface area contributed by atoms with E-state index in [0.717, 1.165) is 22.9 Å². The molecule has 0 aromatic heterocycles. The van der Waals surface area contributed by atoms with Gasteiger partial charge in [-0.3, -0.25) is 14.7 Å². The summed E-state index contributed by atoms with van der Waals surface area (Å²) in [5.74, 6) is 0.445. The number of aliphatic imine (C=N–C) groups is 1. The number of fused-ring (bicyclic) bond motifs is 2. The first-order valence-corrected chi connectivity index (χ1v) is 6.82. The van der Waals surface area contributed by atoms with Crippen LogP contribution in [-0.2, 0) is 4.79 Å². The Balaban J connectivity index is 1.92. The fourth-order valence-corrected chi connectivity index (χ4v) is 3.71. The molecule has 4 heteroatoms. The first kappa shape index (κ1) is 10.4. The van der Waals surface area contributed by atoms with Gasteiger partial charge in [-0.05, 0) is 12.8 Å². The molecule has 1 aliphatic carbocycles. The fraction of sp³-hybridized carbons (Fsp3) is 0.667. The molecule has 1 amide bonds. The molecule has 2 heterocycles. The monoisotopic (exact) mass is 236 g/mol. The molecule has 0 aromatic carbocycles. The van der Waals surface area contributed by atoms with Gasteiger partial charge in [0, 0.05) is 4.91 Å². The number of rotatable bonds is 0. The van der Waals surface area contributed by atoms with E-state index in [9.17, 15) is 4.79 Å². The number of carbonyl (C=O) groups is 1. The molecule has 3 aliphatic rings. The third kappa shape index (κ3) is 1.59. The van der Waals surface area contributed by atoms with Crippen LogP contribution in [0.5, 0.6) is 0 Å². The van der Waals surface area contributed by atoms with Gasteiger partial charge in [0.15, 0.2) is 5.17 Å². The summed E-state index contributed by atoms with van der Waals surface area (Å²) in [5.41, 5.74) is 0. The van der Waals surface area contributed by atoms with Crippen molar-refractivity contribution < 1.29 is 4.79 Å². The molecule has 1 saturated heterocycles. The first-order valence-electron chi connectivity index (χ1n) is 6.00. The molecule has 16 heavy (non-hydrogen) atoms. The topological polar surface area (TPSA) is 32.7 Å². The van der Waals surface area contributed by atoms with Gasteiger partial charge in [0.2, 0.25) is 5.91 Å². The number of hydrogen-bond donors (Lipinski definition) is 0. The Hall–Kier alpha value is -0.770. The highest BCUT2D eigenvalue weighted by Crippen LogP contribution is 2.38. The van der Waals surface area contributed by atoms with Crippen molar-refractivity contribution in [3.05, 3.63) is 11.5 Å². The average Bonchev–Trinajstić information content (AvgIpc) is 2.48. The Bertz CT molecular complexity index is 377. The molecular formula is C12H16N2OS. The van der Waals surface area contributed by atoms with E-state index in [1.54, 1.807) is 11.8 Å². The van der Waals surface area contributed by atoms with Gasteiger partial charge >= 0.3 is 0 Å². The summed E-state index contributed by atoms with van der Waals surface area (Å²) in [7, 11) is 0. The third-order valence-electron chi connectivity index (χ3n) is 3.64. The van der Waals surface area contributed by atoms with Gasteiger partial charge in [-0.25, -0.2) is 0 Å². The van der Waals surface area contributed by atoms with Crippen LogP contribution in [0.3, 0.4) is 0 Å². The molecule has 2 fully saturated rings. The number of thioether (sulfide) groups is 1. The number of amidine groups is 1. The van der Waals surface area contributed by atoms with Crippen molar-refractivity contribution in [1.82, 2.24) is 4.90 Å². The van der Waals surface area contributed by atoms with Crippen molar-refractivity contribution in [3.8, 4) is 0 Å². The summed E-state index contributed by atoms with van der Waals surface area (Å²) in [5, 5.41) is 0.901. The quantitative estimate of drug-likeness (QED) is 0.647. The van der Waals surface area contributed by atoms with E-state index in [4.69, 9.17) is 4.99 Å². The number of nitrogens with zero attached hydrogens (tertiary/aromatic N) is 2. The number of amides is 1. The minimum atomic E-state index is 0.151. The molecule has 0 N–H and O–H groups in total. The highest BCUT2D eigenvalue weighted by molar-refractivity contribution is 8.17.